The lowest BCUT2D eigenvalue weighted by Gasteiger charge is -2.39. The molecule has 1 aromatic rings. The Bertz CT molecular complexity index is 546. The minimum absolute atomic E-state index is 0.0997. The molecule has 0 aliphatic carbocycles. The number of rotatable bonds is 9. The molecule has 2 nitrogen and oxygen atoms in total. The van der Waals surface area contributed by atoms with Crippen molar-refractivity contribution in [1.82, 2.24) is 0 Å². The molecule has 0 spiro atoms. The van der Waals surface area contributed by atoms with Gasteiger partial charge in [-0.25, -0.2) is 0 Å². The third-order valence-corrected chi connectivity index (χ3v) is 10.0. The zero-order valence-electron chi connectivity index (χ0n) is 17.0. The lowest BCUT2D eigenvalue weighted by Crippen LogP contribution is -2.41. The Balaban J connectivity index is 2.82. The first-order valence-corrected chi connectivity index (χ1v) is 12.6. The van der Waals surface area contributed by atoms with Crippen LogP contribution in [0.5, 0.6) is 0 Å². The van der Waals surface area contributed by atoms with Crippen LogP contribution in [-0.4, -0.2) is 14.1 Å². The van der Waals surface area contributed by atoms with Gasteiger partial charge in [-0.1, -0.05) is 64.3 Å². The SMILES string of the molecule is CC(=O)C[C@@H](C)CCCC(O[Si](C)(C)C(C)(C)C)c1ccc(Cl)cc1. The maximum Gasteiger partial charge on any atom is 0.192 e. The second-order valence-corrected chi connectivity index (χ2v) is 14.1. The first-order valence-electron chi connectivity index (χ1n) is 9.35. The van der Waals surface area contributed by atoms with E-state index in [4.69, 9.17) is 16.0 Å². The summed E-state index contributed by atoms with van der Waals surface area (Å²) in [6.45, 7) is 15.2. The molecular formula is C21H35ClO2Si. The minimum atomic E-state index is -1.85. The number of hydrogen-bond donors (Lipinski definition) is 0. The van der Waals surface area contributed by atoms with Crippen LogP contribution in [0.2, 0.25) is 23.2 Å². The summed E-state index contributed by atoms with van der Waals surface area (Å²) in [5, 5.41) is 0.935. The lowest BCUT2D eigenvalue weighted by molar-refractivity contribution is -0.117. The summed E-state index contributed by atoms with van der Waals surface area (Å²) in [6.07, 6.45) is 3.88. The zero-order valence-corrected chi connectivity index (χ0v) is 18.7. The molecule has 0 N–H and O–H groups in total. The zero-order chi connectivity index (χ0) is 19.3. The highest BCUT2D eigenvalue weighted by Crippen LogP contribution is 2.41. The molecule has 0 heterocycles. The first kappa shape index (κ1) is 22.4. The van der Waals surface area contributed by atoms with E-state index in [0.29, 0.717) is 12.3 Å². The fraction of sp³-hybridized carbons (Fsp3) is 0.667. The summed E-state index contributed by atoms with van der Waals surface area (Å²) in [6, 6.07) is 8.05. The average molecular weight is 383 g/mol. The van der Waals surface area contributed by atoms with Crippen molar-refractivity contribution in [1.29, 1.82) is 0 Å². The van der Waals surface area contributed by atoms with Crippen LogP contribution in [0.4, 0.5) is 0 Å². The molecule has 25 heavy (non-hydrogen) atoms. The van der Waals surface area contributed by atoms with Gasteiger partial charge in [0.05, 0.1) is 6.10 Å². The van der Waals surface area contributed by atoms with Crippen molar-refractivity contribution in [2.45, 2.75) is 84.5 Å². The molecule has 0 saturated heterocycles. The molecule has 1 rings (SSSR count). The summed E-state index contributed by atoms with van der Waals surface area (Å²) in [5.41, 5.74) is 1.20. The number of carbonyl (C=O) groups is 1. The van der Waals surface area contributed by atoms with Crippen LogP contribution >= 0.6 is 11.6 Å². The van der Waals surface area contributed by atoms with E-state index in [9.17, 15) is 4.79 Å². The van der Waals surface area contributed by atoms with E-state index < -0.39 is 8.32 Å². The average Bonchev–Trinajstić information content (AvgIpc) is 2.45. The lowest BCUT2D eigenvalue weighted by atomic mass is 9.96. The summed E-state index contributed by atoms with van der Waals surface area (Å²) < 4.78 is 6.72. The van der Waals surface area contributed by atoms with E-state index in [1.54, 1.807) is 6.92 Å². The van der Waals surface area contributed by atoms with Crippen LogP contribution in [0.3, 0.4) is 0 Å². The molecular weight excluding hydrogens is 348 g/mol. The fourth-order valence-electron chi connectivity index (χ4n) is 2.75. The van der Waals surface area contributed by atoms with Gasteiger partial charge in [0, 0.05) is 11.4 Å². The summed E-state index contributed by atoms with van der Waals surface area (Å²) in [7, 11) is -1.85. The molecule has 2 atom stereocenters. The molecule has 0 aromatic heterocycles. The van der Waals surface area contributed by atoms with Gasteiger partial charge in [-0.15, -0.1) is 0 Å². The Morgan fingerprint density at radius 3 is 2.20 bits per heavy atom. The number of ketones is 1. The predicted octanol–water partition coefficient (Wildman–Crippen LogP) is 7.19. The Morgan fingerprint density at radius 1 is 1.16 bits per heavy atom. The molecule has 4 heteroatoms. The monoisotopic (exact) mass is 382 g/mol. The van der Waals surface area contributed by atoms with Crippen LogP contribution in [0.15, 0.2) is 24.3 Å². The topological polar surface area (TPSA) is 26.3 Å². The smallest absolute Gasteiger partial charge is 0.192 e. The van der Waals surface area contributed by atoms with E-state index >= 15 is 0 Å². The van der Waals surface area contributed by atoms with Crippen molar-refractivity contribution in [3.05, 3.63) is 34.9 Å². The maximum absolute atomic E-state index is 11.3. The van der Waals surface area contributed by atoms with Crippen molar-refractivity contribution < 1.29 is 9.22 Å². The minimum Gasteiger partial charge on any atom is -0.410 e. The van der Waals surface area contributed by atoms with Crippen LogP contribution in [-0.2, 0) is 9.22 Å². The second-order valence-electron chi connectivity index (χ2n) is 8.86. The number of benzene rings is 1. The normalized spacial score (nSPS) is 15.0. The molecule has 0 aliphatic rings. The molecule has 0 bridgehead atoms. The molecule has 0 amide bonds. The molecule has 0 aliphatic heterocycles. The number of carbonyl (C=O) groups excluding carboxylic acids is 1. The number of Topliss-reactive ketones (excluding diaryl/α,β-unsaturated/α-hetero) is 1. The molecule has 142 valence electrons. The Labute approximate surface area is 160 Å². The van der Waals surface area contributed by atoms with Crippen LogP contribution in [0, 0.1) is 5.92 Å². The highest BCUT2D eigenvalue weighted by atomic mass is 35.5. The van der Waals surface area contributed by atoms with Crippen molar-refractivity contribution in [2.75, 3.05) is 0 Å². The summed E-state index contributed by atoms with van der Waals surface area (Å²) >= 11 is 6.05. The van der Waals surface area contributed by atoms with E-state index in [0.717, 1.165) is 24.3 Å². The third-order valence-electron chi connectivity index (χ3n) is 5.28. The van der Waals surface area contributed by atoms with Gasteiger partial charge in [0.1, 0.15) is 5.78 Å². The van der Waals surface area contributed by atoms with Gasteiger partial charge in [-0.2, -0.15) is 0 Å². The maximum atomic E-state index is 11.3. The van der Waals surface area contributed by atoms with E-state index in [-0.39, 0.29) is 16.9 Å². The Hall–Kier alpha value is -0.643. The van der Waals surface area contributed by atoms with E-state index in [2.05, 4.69) is 52.9 Å². The van der Waals surface area contributed by atoms with Gasteiger partial charge in [-0.3, -0.25) is 0 Å². The largest absolute Gasteiger partial charge is 0.410 e. The van der Waals surface area contributed by atoms with Crippen molar-refractivity contribution in [2.24, 2.45) is 5.92 Å². The molecule has 1 aromatic carbocycles. The Kier molecular flexibility index (Phi) is 8.37. The van der Waals surface area contributed by atoms with Gasteiger partial charge >= 0.3 is 0 Å². The fourth-order valence-corrected chi connectivity index (χ4v) is 4.19. The standard InChI is InChI=1S/C21H35ClO2Si/c1-16(15-17(2)23)9-8-10-20(18-11-13-19(22)14-12-18)24-25(6,7)21(3,4)5/h11-14,16,20H,8-10,15H2,1-7H3/t16-,20?/m0/s1. The van der Waals surface area contributed by atoms with E-state index in [1.165, 1.54) is 5.56 Å². The van der Waals surface area contributed by atoms with Crippen LogP contribution < -0.4 is 0 Å². The number of halogens is 1. The highest BCUT2D eigenvalue weighted by molar-refractivity contribution is 6.74. The predicted molar refractivity (Wildman–Crippen MR) is 111 cm³/mol. The molecule has 0 saturated carbocycles. The van der Waals surface area contributed by atoms with Crippen molar-refractivity contribution in [3.8, 4) is 0 Å². The number of hydrogen-bond acceptors (Lipinski definition) is 2. The van der Waals surface area contributed by atoms with Gasteiger partial charge in [0.25, 0.3) is 0 Å². The van der Waals surface area contributed by atoms with Crippen molar-refractivity contribution in [3.63, 3.8) is 0 Å². The van der Waals surface area contributed by atoms with Gasteiger partial charge in [0.2, 0.25) is 0 Å². The van der Waals surface area contributed by atoms with Gasteiger partial charge < -0.3 is 9.22 Å². The first-order chi connectivity index (χ1) is 11.4. The second kappa shape index (κ2) is 9.34. The third kappa shape index (κ3) is 7.63. The van der Waals surface area contributed by atoms with Gasteiger partial charge in [0.15, 0.2) is 8.32 Å². The van der Waals surface area contributed by atoms with Crippen LogP contribution in [0.1, 0.15) is 72.0 Å². The quantitative estimate of drug-likeness (QED) is 0.422. The molecule has 0 fully saturated rings. The van der Waals surface area contributed by atoms with Crippen LogP contribution in [0.25, 0.3) is 0 Å². The Morgan fingerprint density at radius 2 is 1.72 bits per heavy atom. The molecule has 0 radical (unpaired) electrons. The summed E-state index contributed by atoms with van der Waals surface area (Å²) in [5.74, 6) is 0.718. The van der Waals surface area contributed by atoms with E-state index in [1.807, 2.05) is 12.1 Å². The van der Waals surface area contributed by atoms with Gasteiger partial charge in [-0.05, 0) is 55.1 Å². The highest BCUT2D eigenvalue weighted by Gasteiger charge is 2.39. The summed E-state index contributed by atoms with van der Waals surface area (Å²) in [4.78, 5) is 11.3. The van der Waals surface area contributed by atoms with Crippen molar-refractivity contribution >= 4 is 25.7 Å². The molecule has 1 unspecified atom stereocenters.